The Bertz CT molecular complexity index is 1150. The Balaban J connectivity index is 1.86. The van der Waals surface area contributed by atoms with Crippen LogP contribution in [-0.2, 0) is 25.5 Å². The van der Waals surface area contributed by atoms with Crippen molar-refractivity contribution >= 4 is 27.7 Å². The van der Waals surface area contributed by atoms with Crippen LogP contribution in [0.5, 0.6) is 5.75 Å². The number of carbonyl (C=O) groups is 2. The molecular weight excluding hydrogens is 452 g/mol. The van der Waals surface area contributed by atoms with E-state index in [0.717, 1.165) is 4.47 Å². The van der Waals surface area contributed by atoms with Crippen LogP contribution in [0.2, 0.25) is 0 Å². The van der Waals surface area contributed by atoms with Gasteiger partial charge in [0.15, 0.2) is 17.1 Å². The molecule has 2 heterocycles. The molecule has 0 radical (unpaired) electrons. The molecule has 0 saturated heterocycles. The van der Waals surface area contributed by atoms with Gasteiger partial charge < -0.3 is 14.6 Å². The van der Waals surface area contributed by atoms with Gasteiger partial charge >= 0.3 is 5.97 Å². The van der Waals surface area contributed by atoms with Gasteiger partial charge in [-0.2, -0.15) is 5.10 Å². The van der Waals surface area contributed by atoms with Gasteiger partial charge in [-0.15, -0.1) is 0 Å². The number of aromatic amines is 1. The zero-order chi connectivity index (χ0) is 21.1. The summed E-state index contributed by atoms with van der Waals surface area (Å²) in [6.07, 6.45) is 1.43. The fourth-order valence-electron chi connectivity index (χ4n) is 4.85. The summed E-state index contributed by atoms with van der Waals surface area (Å²) in [7, 11) is 1.23. The molecule has 30 heavy (non-hydrogen) atoms. The van der Waals surface area contributed by atoms with Crippen molar-refractivity contribution in [1.82, 2.24) is 10.2 Å². The monoisotopic (exact) mass is 468 g/mol. The topological polar surface area (TPSA) is 102 Å². The molecule has 2 N–H and O–H groups in total. The molecule has 1 saturated carbocycles. The number of rotatable bonds is 3. The number of ketones is 1. The number of nitrogens with one attached hydrogen (secondary N) is 1. The van der Waals surface area contributed by atoms with E-state index in [-0.39, 0.29) is 11.4 Å². The number of aromatic nitrogens is 2. The number of hydrogen-bond donors (Lipinski definition) is 2. The summed E-state index contributed by atoms with van der Waals surface area (Å²) >= 11 is 3.42. The van der Waals surface area contributed by atoms with Crippen LogP contribution in [0, 0.1) is 5.92 Å². The number of benzene rings is 2. The van der Waals surface area contributed by atoms with E-state index in [4.69, 9.17) is 9.47 Å². The number of carbonyl (C=O) groups excluding carboxylic acids is 2. The van der Waals surface area contributed by atoms with Crippen LogP contribution in [0.15, 0.2) is 65.3 Å². The van der Waals surface area contributed by atoms with Gasteiger partial charge in [-0.3, -0.25) is 14.7 Å². The lowest BCUT2D eigenvalue weighted by Gasteiger charge is -2.39. The average Bonchev–Trinajstić information content (AvgIpc) is 3.37. The number of esters is 1. The predicted octanol–water partition coefficient (Wildman–Crippen LogP) is 2.80. The number of hydrogen-bond acceptors (Lipinski definition) is 6. The van der Waals surface area contributed by atoms with Gasteiger partial charge in [-0.05, 0) is 23.3 Å². The summed E-state index contributed by atoms with van der Waals surface area (Å²) in [5.74, 6) is -3.22. The maximum Gasteiger partial charge on any atom is 0.317 e. The standard InChI is InChI=1S/C22H17BrN2O5/c1-29-20(27)16-17(12-5-3-2-4-6-12)22(13-7-9-14(23)10-8-13)21(28,19(16)26)18-15(30-22)11-24-25-18/h2-11,16-17,28H,1H3,(H,24,25)/t16-,17-,21+,22+/m1/s1. The van der Waals surface area contributed by atoms with E-state index in [9.17, 15) is 14.7 Å². The van der Waals surface area contributed by atoms with Crippen LogP contribution in [0.3, 0.4) is 0 Å². The van der Waals surface area contributed by atoms with E-state index in [0.29, 0.717) is 11.1 Å². The molecule has 1 fully saturated rings. The van der Waals surface area contributed by atoms with Crippen molar-refractivity contribution in [3.63, 3.8) is 0 Å². The Morgan fingerprint density at radius 1 is 1.20 bits per heavy atom. The minimum atomic E-state index is -2.15. The van der Waals surface area contributed by atoms with Crippen LogP contribution < -0.4 is 4.74 Å². The number of aliphatic hydroxyl groups is 1. The van der Waals surface area contributed by atoms with Gasteiger partial charge in [0, 0.05) is 4.47 Å². The first-order valence-corrected chi connectivity index (χ1v) is 10.1. The molecule has 0 bridgehead atoms. The Hall–Kier alpha value is -2.97. The second-order valence-electron chi connectivity index (χ2n) is 7.42. The molecule has 5 rings (SSSR count). The van der Waals surface area contributed by atoms with Crippen LogP contribution in [-0.4, -0.2) is 34.2 Å². The van der Waals surface area contributed by atoms with E-state index >= 15 is 0 Å². The predicted molar refractivity (Wildman–Crippen MR) is 109 cm³/mol. The molecule has 3 aromatic rings. The van der Waals surface area contributed by atoms with Gasteiger partial charge in [-0.1, -0.05) is 58.4 Å². The second kappa shape index (κ2) is 6.52. The zero-order valence-electron chi connectivity index (χ0n) is 15.8. The fraction of sp³-hybridized carbons (Fsp3) is 0.227. The molecule has 8 heteroatoms. The van der Waals surface area contributed by atoms with Gasteiger partial charge in [0.05, 0.1) is 19.2 Å². The molecule has 1 aliphatic carbocycles. The van der Waals surface area contributed by atoms with E-state index in [1.165, 1.54) is 13.3 Å². The third-order valence-corrected chi connectivity index (χ3v) is 6.60. The number of ether oxygens (including phenoxy) is 2. The third-order valence-electron chi connectivity index (χ3n) is 6.07. The van der Waals surface area contributed by atoms with E-state index in [1.54, 1.807) is 24.3 Å². The summed E-state index contributed by atoms with van der Waals surface area (Å²) in [6.45, 7) is 0. The van der Waals surface area contributed by atoms with Crippen molar-refractivity contribution in [2.75, 3.05) is 7.11 Å². The molecule has 152 valence electrons. The molecule has 0 amide bonds. The minimum Gasteiger partial charge on any atom is -0.474 e. The van der Waals surface area contributed by atoms with Crippen LogP contribution in [0.4, 0.5) is 0 Å². The van der Waals surface area contributed by atoms with Crippen molar-refractivity contribution in [2.24, 2.45) is 5.92 Å². The quantitative estimate of drug-likeness (QED) is 0.452. The lowest BCUT2D eigenvalue weighted by atomic mass is 9.71. The van der Waals surface area contributed by atoms with Crippen LogP contribution in [0.1, 0.15) is 22.7 Å². The van der Waals surface area contributed by atoms with Gasteiger partial charge in [0.25, 0.3) is 0 Å². The van der Waals surface area contributed by atoms with Gasteiger partial charge in [0.2, 0.25) is 5.60 Å². The normalized spacial score (nSPS) is 29.2. The number of Topliss-reactive ketones (excluding diaryl/α,β-unsaturated/α-hetero) is 1. The van der Waals surface area contributed by atoms with Crippen molar-refractivity contribution in [1.29, 1.82) is 0 Å². The number of H-pyrrole nitrogens is 1. The molecule has 2 aliphatic rings. The maximum absolute atomic E-state index is 13.7. The number of methoxy groups -OCH3 is 1. The second-order valence-corrected chi connectivity index (χ2v) is 8.33. The first kappa shape index (κ1) is 19.0. The zero-order valence-corrected chi connectivity index (χ0v) is 17.4. The van der Waals surface area contributed by atoms with Crippen molar-refractivity contribution in [3.8, 4) is 5.75 Å². The Kier molecular flexibility index (Phi) is 4.13. The molecule has 4 atom stereocenters. The summed E-state index contributed by atoms with van der Waals surface area (Å²) < 4.78 is 12.2. The van der Waals surface area contributed by atoms with Crippen molar-refractivity contribution in [2.45, 2.75) is 17.1 Å². The largest absolute Gasteiger partial charge is 0.474 e. The molecule has 1 aromatic heterocycles. The summed E-state index contributed by atoms with van der Waals surface area (Å²) in [6, 6.07) is 16.3. The minimum absolute atomic E-state index is 0.141. The first-order chi connectivity index (χ1) is 14.4. The van der Waals surface area contributed by atoms with Gasteiger partial charge in [0.1, 0.15) is 11.6 Å². The molecule has 1 aliphatic heterocycles. The third kappa shape index (κ3) is 2.20. The number of fused-ring (bicyclic) bond motifs is 3. The molecule has 7 nitrogen and oxygen atoms in total. The average molecular weight is 469 g/mol. The highest BCUT2D eigenvalue weighted by atomic mass is 79.9. The van der Waals surface area contributed by atoms with Crippen LogP contribution >= 0.6 is 15.9 Å². The summed E-state index contributed by atoms with van der Waals surface area (Å²) in [5, 5.41) is 18.6. The lowest BCUT2D eigenvalue weighted by Crippen LogP contribution is -2.51. The highest BCUT2D eigenvalue weighted by Crippen LogP contribution is 2.66. The Morgan fingerprint density at radius 2 is 1.90 bits per heavy atom. The van der Waals surface area contributed by atoms with E-state index in [1.807, 2.05) is 30.3 Å². The number of nitrogens with zero attached hydrogens (tertiary/aromatic N) is 1. The Labute approximate surface area is 180 Å². The maximum atomic E-state index is 13.7. The van der Waals surface area contributed by atoms with Crippen molar-refractivity contribution < 1.29 is 24.2 Å². The summed E-state index contributed by atoms with van der Waals surface area (Å²) in [4.78, 5) is 26.5. The SMILES string of the molecule is COC(=O)[C@H]1C(=O)[C@@]2(O)c3[nH]ncc3O[C@@]2(c2ccc(Br)cc2)[C@@H]1c1ccccc1. The molecule has 0 unspecified atom stereocenters. The molecule has 0 spiro atoms. The first-order valence-electron chi connectivity index (χ1n) is 9.33. The molecule has 2 aromatic carbocycles. The molecular formula is C22H17BrN2O5. The van der Waals surface area contributed by atoms with E-state index in [2.05, 4.69) is 26.1 Å². The van der Waals surface area contributed by atoms with Crippen LogP contribution in [0.25, 0.3) is 0 Å². The van der Waals surface area contributed by atoms with Gasteiger partial charge in [-0.25, -0.2) is 0 Å². The number of halogens is 1. The summed E-state index contributed by atoms with van der Waals surface area (Å²) in [5.41, 5.74) is -2.34. The van der Waals surface area contributed by atoms with E-state index < -0.39 is 34.8 Å². The highest BCUT2D eigenvalue weighted by molar-refractivity contribution is 9.10. The fourth-order valence-corrected chi connectivity index (χ4v) is 5.12. The smallest absolute Gasteiger partial charge is 0.317 e. The lowest BCUT2D eigenvalue weighted by molar-refractivity contribution is -0.156. The highest BCUT2D eigenvalue weighted by Gasteiger charge is 2.78. The Morgan fingerprint density at radius 3 is 2.57 bits per heavy atom. The van der Waals surface area contributed by atoms with Crippen molar-refractivity contribution in [3.05, 3.63) is 82.1 Å².